The van der Waals surface area contributed by atoms with E-state index in [9.17, 15) is 9.59 Å². The number of halogens is 1. The summed E-state index contributed by atoms with van der Waals surface area (Å²) in [6.45, 7) is 0.701. The lowest BCUT2D eigenvalue weighted by atomic mass is 10.3. The Morgan fingerprint density at radius 2 is 2.05 bits per heavy atom. The number of amides is 2. The first-order valence-electron chi connectivity index (χ1n) is 6.06. The predicted molar refractivity (Wildman–Crippen MR) is 78.4 cm³/mol. The summed E-state index contributed by atoms with van der Waals surface area (Å²) < 4.78 is 5.55. The van der Waals surface area contributed by atoms with E-state index in [1.165, 1.54) is 9.80 Å². The number of methoxy groups -OCH3 is 1. The topological polar surface area (TPSA) is 62.7 Å². The van der Waals surface area contributed by atoms with Crippen LogP contribution >= 0.6 is 15.9 Å². The molecule has 0 saturated heterocycles. The van der Waals surface area contributed by atoms with Gasteiger partial charge in [0.15, 0.2) is 0 Å². The van der Waals surface area contributed by atoms with Gasteiger partial charge < -0.3 is 14.5 Å². The second-order valence-corrected chi connectivity index (χ2v) is 5.17. The fraction of sp³-hybridized carbons (Fsp3) is 0.462. The van der Waals surface area contributed by atoms with Gasteiger partial charge in [0.05, 0.1) is 6.61 Å². The van der Waals surface area contributed by atoms with Gasteiger partial charge in [0.1, 0.15) is 16.8 Å². The number of nitrogens with zero attached hydrogens (tertiary/aromatic N) is 3. The van der Waals surface area contributed by atoms with Crippen LogP contribution in [0.25, 0.3) is 0 Å². The lowest BCUT2D eigenvalue weighted by Gasteiger charge is -2.23. The summed E-state index contributed by atoms with van der Waals surface area (Å²) in [5.74, 6) is -0.442. The maximum atomic E-state index is 12.4. The Bertz CT molecular complexity index is 480. The number of likely N-dealkylation sites (N-methyl/N-ethyl adjacent to an activating group) is 1. The minimum atomic E-state index is -0.293. The molecule has 1 rings (SSSR count). The summed E-state index contributed by atoms with van der Waals surface area (Å²) in [6, 6.07) is 5.08. The molecule has 0 saturated carbocycles. The van der Waals surface area contributed by atoms with Crippen molar-refractivity contribution < 1.29 is 14.3 Å². The molecule has 2 amide bonds. The standard InChI is InChI=1S/C13H18BrN3O3/c1-16(2)12(18)9-17(7-8-20-3)13(19)10-5-4-6-11(14)15-10/h4-6H,7-9H2,1-3H3. The van der Waals surface area contributed by atoms with E-state index in [1.807, 2.05) is 0 Å². The quantitative estimate of drug-likeness (QED) is 0.723. The van der Waals surface area contributed by atoms with E-state index in [0.717, 1.165) is 0 Å². The summed E-state index contributed by atoms with van der Waals surface area (Å²) in [7, 11) is 4.85. The Balaban J connectivity index is 2.86. The molecule has 0 spiro atoms. The molecule has 0 aliphatic carbocycles. The SMILES string of the molecule is COCCN(CC(=O)N(C)C)C(=O)c1cccc(Br)n1. The number of ether oxygens (including phenoxy) is 1. The molecule has 0 aliphatic heterocycles. The van der Waals surface area contributed by atoms with Crippen molar-refractivity contribution in [1.29, 1.82) is 0 Å². The molecule has 0 atom stereocenters. The normalized spacial score (nSPS) is 10.2. The zero-order valence-electron chi connectivity index (χ0n) is 11.8. The van der Waals surface area contributed by atoms with Crippen LogP contribution in [0.15, 0.2) is 22.8 Å². The van der Waals surface area contributed by atoms with E-state index in [4.69, 9.17) is 4.74 Å². The molecule has 0 aromatic carbocycles. The molecule has 0 radical (unpaired) electrons. The molecule has 1 aromatic rings. The highest BCUT2D eigenvalue weighted by Gasteiger charge is 2.20. The molecular weight excluding hydrogens is 326 g/mol. The van der Waals surface area contributed by atoms with Crippen LogP contribution in [0.4, 0.5) is 0 Å². The monoisotopic (exact) mass is 343 g/mol. The second-order valence-electron chi connectivity index (χ2n) is 4.35. The molecule has 110 valence electrons. The van der Waals surface area contributed by atoms with Gasteiger partial charge in [-0.2, -0.15) is 0 Å². The first-order chi connectivity index (χ1) is 9.45. The minimum Gasteiger partial charge on any atom is -0.383 e. The molecule has 0 bridgehead atoms. The summed E-state index contributed by atoms with van der Waals surface area (Å²) in [6.07, 6.45) is 0. The van der Waals surface area contributed by atoms with E-state index in [2.05, 4.69) is 20.9 Å². The van der Waals surface area contributed by atoms with E-state index in [-0.39, 0.29) is 18.4 Å². The maximum absolute atomic E-state index is 12.4. The van der Waals surface area contributed by atoms with Crippen molar-refractivity contribution in [3.8, 4) is 0 Å². The van der Waals surface area contributed by atoms with Crippen LogP contribution in [0.2, 0.25) is 0 Å². The molecule has 7 heteroatoms. The Morgan fingerprint density at radius 3 is 2.60 bits per heavy atom. The zero-order chi connectivity index (χ0) is 15.1. The predicted octanol–water partition coefficient (Wildman–Crippen LogP) is 1.02. The summed E-state index contributed by atoms with van der Waals surface area (Å²) in [5.41, 5.74) is 0.294. The van der Waals surface area contributed by atoms with Crippen molar-refractivity contribution in [2.45, 2.75) is 0 Å². The Labute approximate surface area is 126 Å². The van der Waals surface area contributed by atoms with Gasteiger partial charge in [-0.1, -0.05) is 6.07 Å². The summed E-state index contributed by atoms with van der Waals surface area (Å²) >= 11 is 3.22. The van der Waals surface area contributed by atoms with Crippen molar-refractivity contribution >= 4 is 27.7 Å². The third-order valence-electron chi connectivity index (χ3n) is 2.61. The van der Waals surface area contributed by atoms with Crippen LogP contribution in [-0.2, 0) is 9.53 Å². The van der Waals surface area contributed by atoms with Gasteiger partial charge in [-0.05, 0) is 28.1 Å². The number of pyridine rings is 1. The minimum absolute atomic E-state index is 0.00336. The number of hydrogen-bond acceptors (Lipinski definition) is 4. The van der Waals surface area contributed by atoms with Crippen molar-refractivity contribution in [2.24, 2.45) is 0 Å². The molecule has 0 unspecified atom stereocenters. The van der Waals surface area contributed by atoms with Crippen molar-refractivity contribution in [3.63, 3.8) is 0 Å². The summed E-state index contributed by atoms with van der Waals surface area (Å²) in [5, 5.41) is 0. The zero-order valence-corrected chi connectivity index (χ0v) is 13.4. The molecule has 6 nitrogen and oxygen atoms in total. The lowest BCUT2D eigenvalue weighted by Crippen LogP contribution is -2.42. The van der Waals surface area contributed by atoms with Crippen LogP contribution in [0.1, 0.15) is 10.5 Å². The Morgan fingerprint density at radius 1 is 1.35 bits per heavy atom. The lowest BCUT2D eigenvalue weighted by molar-refractivity contribution is -0.129. The number of rotatable bonds is 6. The highest BCUT2D eigenvalue weighted by atomic mass is 79.9. The molecule has 0 aliphatic rings. The van der Waals surface area contributed by atoms with Gasteiger partial charge in [0.2, 0.25) is 5.91 Å². The molecular formula is C13H18BrN3O3. The maximum Gasteiger partial charge on any atom is 0.273 e. The fourth-order valence-corrected chi connectivity index (χ4v) is 1.79. The molecule has 1 aromatic heterocycles. The van der Waals surface area contributed by atoms with Gasteiger partial charge in [-0.3, -0.25) is 9.59 Å². The van der Waals surface area contributed by atoms with Gasteiger partial charge in [-0.25, -0.2) is 4.98 Å². The third kappa shape index (κ3) is 4.90. The van der Waals surface area contributed by atoms with Gasteiger partial charge in [0.25, 0.3) is 5.91 Å². The van der Waals surface area contributed by atoms with E-state index in [0.29, 0.717) is 23.4 Å². The van der Waals surface area contributed by atoms with Crippen molar-refractivity contribution in [1.82, 2.24) is 14.8 Å². The van der Waals surface area contributed by atoms with E-state index < -0.39 is 0 Å². The highest BCUT2D eigenvalue weighted by molar-refractivity contribution is 9.10. The average molecular weight is 344 g/mol. The third-order valence-corrected chi connectivity index (χ3v) is 3.05. The van der Waals surface area contributed by atoms with Crippen LogP contribution < -0.4 is 0 Å². The number of aromatic nitrogens is 1. The highest BCUT2D eigenvalue weighted by Crippen LogP contribution is 2.09. The smallest absolute Gasteiger partial charge is 0.273 e. The van der Waals surface area contributed by atoms with Gasteiger partial charge in [-0.15, -0.1) is 0 Å². The number of carbonyl (C=O) groups is 2. The Kier molecular flexibility index (Phi) is 6.60. The fourth-order valence-electron chi connectivity index (χ4n) is 1.45. The first-order valence-corrected chi connectivity index (χ1v) is 6.86. The molecule has 20 heavy (non-hydrogen) atoms. The van der Waals surface area contributed by atoms with Crippen LogP contribution in [0.5, 0.6) is 0 Å². The molecule has 1 heterocycles. The van der Waals surface area contributed by atoms with E-state index >= 15 is 0 Å². The molecule has 0 N–H and O–H groups in total. The number of carbonyl (C=O) groups excluding carboxylic acids is 2. The van der Waals surface area contributed by atoms with Crippen molar-refractivity contribution in [3.05, 3.63) is 28.5 Å². The van der Waals surface area contributed by atoms with Crippen LogP contribution in [-0.4, -0.2) is 67.5 Å². The summed E-state index contributed by atoms with van der Waals surface area (Å²) in [4.78, 5) is 31.1. The second kappa shape index (κ2) is 7.96. The van der Waals surface area contributed by atoms with Gasteiger partial charge >= 0.3 is 0 Å². The van der Waals surface area contributed by atoms with Crippen LogP contribution in [0.3, 0.4) is 0 Å². The molecule has 0 fully saturated rings. The average Bonchev–Trinajstić information content (AvgIpc) is 2.42. The largest absolute Gasteiger partial charge is 0.383 e. The van der Waals surface area contributed by atoms with E-state index in [1.54, 1.807) is 39.4 Å². The van der Waals surface area contributed by atoms with Crippen molar-refractivity contribution in [2.75, 3.05) is 40.9 Å². The van der Waals surface area contributed by atoms with Gasteiger partial charge in [0, 0.05) is 27.7 Å². The Hall–Kier alpha value is -1.47. The number of hydrogen-bond donors (Lipinski definition) is 0. The first kappa shape index (κ1) is 16.6. The van der Waals surface area contributed by atoms with Crippen LogP contribution in [0, 0.1) is 0 Å².